The molecule has 3 aromatic rings. The van der Waals surface area contributed by atoms with Crippen molar-refractivity contribution >= 4 is 17.0 Å². The fourth-order valence-corrected chi connectivity index (χ4v) is 4.82. The van der Waals surface area contributed by atoms with E-state index in [4.69, 9.17) is 4.42 Å². The first-order valence-corrected chi connectivity index (χ1v) is 11.9. The van der Waals surface area contributed by atoms with Crippen LogP contribution in [0, 0.1) is 0 Å². The third-order valence-electron chi connectivity index (χ3n) is 6.77. The van der Waals surface area contributed by atoms with Crippen LogP contribution in [0.1, 0.15) is 66.8 Å². The minimum atomic E-state index is -4.44. The molecular weight excluding hydrogens is 457 g/mol. The molecule has 1 aromatic heterocycles. The number of nitrogens with one attached hydrogen (secondary N) is 1. The van der Waals surface area contributed by atoms with Gasteiger partial charge in [-0.1, -0.05) is 37.6 Å². The number of fused-ring (bicyclic) bond motifs is 1. The molecule has 0 bridgehead atoms. The molecule has 188 valence electrons. The van der Waals surface area contributed by atoms with E-state index in [9.17, 15) is 23.4 Å². The standard InChI is InChI=1S/C27H31F3N2O3/c1-3-22-25(26(34)31-15-18-9-7-10-19(14-18)27(28,29)30)24-20(21(33)11-12-23(24)35-22)16-32-13-6-4-5-8-17(32)2/h3,7,9-12,14,17,26,31,33-34H,1,4-6,8,13,15-16H2,2H3/t17-,26-/m1/s1. The highest BCUT2D eigenvalue weighted by Gasteiger charge is 2.30. The number of hydrogen-bond donors (Lipinski definition) is 3. The molecule has 3 N–H and O–H groups in total. The van der Waals surface area contributed by atoms with Crippen LogP contribution in [0.15, 0.2) is 47.4 Å². The van der Waals surface area contributed by atoms with Gasteiger partial charge in [0.1, 0.15) is 23.3 Å². The van der Waals surface area contributed by atoms with Crippen LogP contribution in [0.3, 0.4) is 0 Å². The Bertz CT molecular complexity index is 1190. The fraction of sp³-hybridized carbons (Fsp3) is 0.407. The van der Waals surface area contributed by atoms with Crippen LogP contribution in [0.2, 0.25) is 0 Å². The van der Waals surface area contributed by atoms with Gasteiger partial charge in [-0.25, -0.2) is 0 Å². The van der Waals surface area contributed by atoms with Crippen molar-refractivity contribution in [2.24, 2.45) is 0 Å². The summed E-state index contributed by atoms with van der Waals surface area (Å²) in [6.07, 6.45) is 0.297. The minimum Gasteiger partial charge on any atom is -0.508 e. The highest BCUT2D eigenvalue weighted by molar-refractivity contribution is 5.90. The lowest BCUT2D eigenvalue weighted by Gasteiger charge is -2.27. The highest BCUT2D eigenvalue weighted by Crippen LogP contribution is 2.38. The summed E-state index contributed by atoms with van der Waals surface area (Å²) in [5.74, 6) is 0.455. The predicted octanol–water partition coefficient (Wildman–Crippen LogP) is 6.35. The van der Waals surface area contributed by atoms with Gasteiger partial charge in [-0.2, -0.15) is 13.2 Å². The van der Waals surface area contributed by atoms with Gasteiger partial charge in [0, 0.05) is 35.6 Å². The number of phenolic OH excluding ortho intramolecular Hbond substituents is 1. The smallest absolute Gasteiger partial charge is 0.416 e. The van der Waals surface area contributed by atoms with Gasteiger partial charge in [0.05, 0.1) is 5.56 Å². The maximum Gasteiger partial charge on any atom is 0.416 e. The molecule has 0 amide bonds. The van der Waals surface area contributed by atoms with Crippen molar-refractivity contribution in [3.05, 3.63) is 71.0 Å². The van der Waals surface area contributed by atoms with E-state index in [-0.39, 0.29) is 12.3 Å². The number of nitrogens with zero attached hydrogens (tertiary/aromatic N) is 1. The Balaban J connectivity index is 1.66. The number of hydrogen-bond acceptors (Lipinski definition) is 5. The lowest BCUT2D eigenvalue weighted by atomic mass is 10.0. The average Bonchev–Trinajstić information content (AvgIpc) is 3.09. The van der Waals surface area contributed by atoms with E-state index in [2.05, 4.69) is 23.7 Å². The van der Waals surface area contributed by atoms with Gasteiger partial charge in [0.2, 0.25) is 0 Å². The van der Waals surface area contributed by atoms with Crippen molar-refractivity contribution in [2.75, 3.05) is 6.54 Å². The quantitative estimate of drug-likeness (QED) is 0.338. The SMILES string of the molecule is C=Cc1oc2ccc(O)c(CN3CCCCC[C@H]3C)c2c1[C@@H](O)NCc1cccc(C(F)(F)F)c1. The predicted molar refractivity (Wildman–Crippen MR) is 130 cm³/mol. The molecule has 0 unspecified atom stereocenters. The molecular formula is C27H31F3N2O3. The van der Waals surface area contributed by atoms with Crippen LogP contribution in [0.4, 0.5) is 13.2 Å². The second-order valence-corrected chi connectivity index (χ2v) is 9.17. The maximum atomic E-state index is 13.1. The topological polar surface area (TPSA) is 68.9 Å². The van der Waals surface area contributed by atoms with Gasteiger partial charge in [-0.05, 0) is 56.1 Å². The van der Waals surface area contributed by atoms with Crippen LogP contribution < -0.4 is 5.32 Å². The lowest BCUT2D eigenvalue weighted by molar-refractivity contribution is -0.137. The molecule has 8 heteroatoms. The first kappa shape index (κ1) is 25.3. The fourth-order valence-electron chi connectivity index (χ4n) is 4.82. The molecule has 2 heterocycles. The Morgan fingerprint density at radius 1 is 1.23 bits per heavy atom. The number of aliphatic hydroxyl groups is 1. The molecule has 0 spiro atoms. The first-order chi connectivity index (χ1) is 16.7. The second kappa shape index (κ2) is 10.4. The van der Waals surface area contributed by atoms with E-state index in [0.717, 1.165) is 31.5 Å². The van der Waals surface area contributed by atoms with Gasteiger partial charge in [0.25, 0.3) is 0 Å². The van der Waals surface area contributed by atoms with Crippen molar-refractivity contribution in [1.29, 1.82) is 0 Å². The van der Waals surface area contributed by atoms with Crippen LogP contribution in [0.5, 0.6) is 5.75 Å². The zero-order valence-electron chi connectivity index (χ0n) is 19.7. The summed E-state index contributed by atoms with van der Waals surface area (Å²) in [6.45, 7) is 7.38. The summed E-state index contributed by atoms with van der Waals surface area (Å²) in [5, 5.41) is 25.4. The van der Waals surface area contributed by atoms with Gasteiger partial charge < -0.3 is 14.6 Å². The Kier molecular flexibility index (Phi) is 7.54. The number of halogens is 3. The molecule has 1 fully saturated rings. The third kappa shape index (κ3) is 5.55. The molecule has 4 rings (SSSR count). The molecule has 1 saturated heterocycles. The lowest BCUT2D eigenvalue weighted by Crippen LogP contribution is -2.32. The number of aliphatic hydroxyl groups excluding tert-OH is 1. The Labute approximate surface area is 202 Å². The van der Waals surface area contributed by atoms with Gasteiger partial charge >= 0.3 is 6.18 Å². The number of furan rings is 1. The number of alkyl halides is 3. The zero-order chi connectivity index (χ0) is 25.2. The Morgan fingerprint density at radius 2 is 2.03 bits per heavy atom. The van der Waals surface area contributed by atoms with Crippen molar-refractivity contribution in [3.8, 4) is 5.75 Å². The Morgan fingerprint density at radius 3 is 2.77 bits per heavy atom. The summed E-state index contributed by atoms with van der Waals surface area (Å²) in [4.78, 5) is 2.33. The molecule has 5 nitrogen and oxygen atoms in total. The molecule has 0 saturated carbocycles. The molecule has 0 radical (unpaired) electrons. The van der Waals surface area contributed by atoms with Crippen molar-refractivity contribution in [2.45, 2.75) is 64.1 Å². The number of aromatic hydroxyl groups is 1. The molecule has 1 aliphatic rings. The van der Waals surface area contributed by atoms with Crippen molar-refractivity contribution in [3.63, 3.8) is 0 Å². The van der Waals surface area contributed by atoms with E-state index >= 15 is 0 Å². The van der Waals surface area contributed by atoms with Crippen LogP contribution in [0.25, 0.3) is 17.0 Å². The molecule has 2 aromatic carbocycles. The Hall–Kier alpha value is -2.81. The molecule has 0 aliphatic carbocycles. The van der Waals surface area contributed by atoms with E-state index < -0.39 is 18.0 Å². The normalized spacial score (nSPS) is 18.5. The third-order valence-corrected chi connectivity index (χ3v) is 6.77. The van der Waals surface area contributed by atoms with Crippen molar-refractivity contribution < 1.29 is 27.8 Å². The number of benzene rings is 2. The summed E-state index contributed by atoms with van der Waals surface area (Å²) < 4.78 is 45.1. The van der Waals surface area contributed by atoms with E-state index in [1.807, 2.05) is 0 Å². The van der Waals surface area contributed by atoms with Gasteiger partial charge in [-0.15, -0.1) is 0 Å². The van der Waals surface area contributed by atoms with Gasteiger partial charge in [0.15, 0.2) is 0 Å². The van der Waals surface area contributed by atoms with Crippen LogP contribution >= 0.6 is 0 Å². The largest absolute Gasteiger partial charge is 0.508 e. The molecule has 35 heavy (non-hydrogen) atoms. The van der Waals surface area contributed by atoms with Gasteiger partial charge in [-0.3, -0.25) is 10.2 Å². The summed E-state index contributed by atoms with van der Waals surface area (Å²) in [6, 6.07) is 8.56. The second-order valence-electron chi connectivity index (χ2n) is 9.17. The maximum absolute atomic E-state index is 13.1. The molecule has 2 atom stereocenters. The average molecular weight is 489 g/mol. The summed E-state index contributed by atoms with van der Waals surface area (Å²) in [7, 11) is 0. The van der Waals surface area contributed by atoms with E-state index in [0.29, 0.717) is 46.0 Å². The monoisotopic (exact) mass is 488 g/mol. The zero-order valence-corrected chi connectivity index (χ0v) is 19.7. The number of phenols is 1. The first-order valence-electron chi connectivity index (χ1n) is 11.9. The van der Waals surface area contributed by atoms with Crippen molar-refractivity contribution in [1.82, 2.24) is 10.2 Å². The molecule has 1 aliphatic heterocycles. The number of likely N-dealkylation sites (tertiary alicyclic amines) is 1. The van der Waals surface area contributed by atoms with Crippen LogP contribution in [-0.2, 0) is 19.3 Å². The van der Waals surface area contributed by atoms with E-state index in [1.165, 1.54) is 25.0 Å². The van der Waals surface area contributed by atoms with Crippen LogP contribution in [-0.4, -0.2) is 27.7 Å². The summed E-state index contributed by atoms with van der Waals surface area (Å²) >= 11 is 0. The summed E-state index contributed by atoms with van der Waals surface area (Å²) in [5.41, 5.74) is 1.21. The minimum absolute atomic E-state index is 0.00561. The number of rotatable bonds is 7. The van der Waals surface area contributed by atoms with E-state index in [1.54, 1.807) is 18.2 Å². The highest BCUT2D eigenvalue weighted by atomic mass is 19.4.